The minimum atomic E-state index is -0.395. The van der Waals surface area contributed by atoms with Gasteiger partial charge < -0.3 is 10.1 Å². The van der Waals surface area contributed by atoms with Gasteiger partial charge in [0.2, 0.25) is 11.1 Å². The van der Waals surface area contributed by atoms with E-state index in [4.69, 9.17) is 4.74 Å². The fourth-order valence-electron chi connectivity index (χ4n) is 2.35. The summed E-state index contributed by atoms with van der Waals surface area (Å²) in [5.74, 6) is 0.469. The second-order valence-corrected chi connectivity index (χ2v) is 6.97. The Hall–Kier alpha value is -2.87. The summed E-state index contributed by atoms with van der Waals surface area (Å²) in [5, 5.41) is 14.8. The van der Waals surface area contributed by atoms with Crippen LogP contribution < -0.4 is 10.1 Å². The van der Waals surface area contributed by atoms with Crippen molar-refractivity contribution in [3.05, 3.63) is 54.1 Å². The topological polar surface area (TPSA) is 81.9 Å². The van der Waals surface area contributed by atoms with Crippen molar-refractivity contribution < 1.29 is 9.53 Å². The quantitative estimate of drug-likeness (QED) is 0.673. The molecule has 8 heteroatoms. The molecule has 134 valence electrons. The number of para-hydroxylation sites is 1. The molecule has 3 rings (SSSR count). The normalized spacial score (nSPS) is 11.8. The lowest BCUT2D eigenvalue weighted by molar-refractivity contribution is -0.115. The van der Waals surface area contributed by atoms with Crippen molar-refractivity contribution in [1.29, 1.82) is 0 Å². The van der Waals surface area contributed by atoms with Gasteiger partial charge in [-0.05, 0) is 54.1 Å². The van der Waals surface area contributed by atoms with Crippen LogP contribution in [0.2, 0.25) is 0 Å². The maximum atomic E-state index is 12.6. The molecule has 0 saturated carbocycles. The van der Waals surface area contributed by atoms with E-state index in [1.807, 2.05) is 62.4 Å². The summed E-state index contributed by atoms with van der Waals surface area (Å²) in [4.78, 5) is 12.6. The molecular formula is C18H19N5O2S. The standard InChI is InChI=1S/C18H19N5O2S/c1-12-9-10-16(25-3)15(11-12)19-17(24)13(2)26-18-20-21-22-23(18)14-7-5-4-6-8-14/h4-11,13H,1-3H3,(H,19,24)/t13-/m0/s1. The molecule has 0 saturated heterocycles. The van der Waals surface area contributed by atoms with Gasteiger partial charge in [-0.2, -0.15) is 4.68 Å². The molecule has 7 nitrogen and oxygen atoms in total. The summed E-state index contributed by atoms with van der Waals surface area (Å²) >= 11 is 1.29. The van der Waals surface area contributed by atoms with Crippen molar-refractivity contribution in [1.82, 2.24) is 20.2 Å². The zero-order valence-electron chi connectivity index (χ0n) is 14.7. The zero-order chi connectivity index (χ0) is 18.5. The van der Waals surface area contributed by atoms with Crippen LogP contribution in [0.5, 0.6) is 5.75 Å². The first kappa shape index (κ1) is 17.9. The number of tetrazole rings is 1. The van der Waals surface area contributed by atoms with E-state index in [1.165, 1.54) is 11.8 Å². The monoisotopic (exact) mass is 369 g/mol. The highest BCUT2D eigenvalue weighted by molar-refractivity contribution is 8.00. The van der Waals surface area contributed by atoms with E-state index in [1.54, 1.807) is 11.8 Å². The summed E-state index contributed by atoms with van der Waals surface area (Å²) in [5.41, 5.74) is 2.52. The molecule has 1 atom stereocenters. The van der Waals surface area contributed by atoms with Crippen LogP contribution in [0.4, 0.5) is 5.69 Å². The molecule has 0 aliphatic rings. The first-order valence-corrected chi connectivity index (χ1v) is 8.92. The Kier molecular flexibility index (Phi) is 5.52. The summed E-state index contributed by atoms with van der Waals surface area (Å²) in [6.45, 7) is 3.77. The smallest absolute Gasteiger partial charge is 0.237 e. The van der Waals surface area contributed by atoms with Crippen molar-refractivity contribution >= 4 is 23.4 Å². The largest absolute Gasteiger partial charge is 0.495 e. The Morgan fingerprint density at radius 2 is 2.00 bits per heavy atom. The number of thioether (sulfide) groups is 1. The first-order chi connectivity index (χ1) is 12.6. The van der Waals surface area contributed by atoms with Gasteiger partial charge in [-0.1, -0.05) is 36.0 Å². The number of rotatable bonds is 6. The van der Waals surface area contributed by atoms with Crippen LogP contribution in [0.15, 0.2) is 53.7 Å². The fraction of sp³-hybridized carbons (Fsp3) is 0.222. The van der Waals surface area contributed by atoms with Gasteiger partial charge in [-0.3, -0.25) is 4.79 Å². The van der Waals surface area contributed by atoms with Crippen LogP contribution in [-0.2, 0) is 4.79 Å². The summed E-state index contributed by atoms with van der Waals surface area (Å²) in [6, 6.07) is 15.2. The van der Waals surface area contributed by atoms with Gasteiger partial charge in [-0.25, -0.2) is 0 Å². The molecule has 2 aromatic carbocycles. The van der Waals surface area contributed by atoms with E-state index >= 15 is 0 Å². The molecule has 1 amide bonds. The highest BCUT2D eigenvalue weighted by atomic mass is 32.2. The van der Waals surface area contributed by atoms with Gasteiger partial charge in [0.25, 0.3) is 0 Å². The molecule has 1 aromatic heterocycles. The van der Waals surface area contributed by atoms with Crippen molar-refractivity contribution in [2.75, 3.05) is 12.4 Å². The molecular weight excluding hydrogens is 350 g/mol. The van der Waals surface area contributed by atoms with E-state index in [-0.39, 0.29) is 5.91 Å². The molecule has 26 heavy (non-hydrogen) atoms. The van der Waals surface area contributed by atoms with Gasteiger partial charge in [0.05, 0.1) is 23.7 Å². The maximum absolute atomic E-state index is 12.6. The molecule has 0 spiro atoms. The number of anilines is 1. The second-order valence-electron chi connectivity index (χ2n) is 5.66. The van der Waals surface area contributed by atoms with Gasteiger partial charge in [0.15, 0.2) is 0 Å². The van der Waals surface area contributed by atoms with Gasteiger partial charge in [0, 0.05) is 0 Å². The average molecular weight is 369 g/mol. The molecule has 0 fully saturated rings. The zero-order valence-corrected chi connectivity index (χ0v) is 15.5. The van der Waals surface area contributed by atoms with Crippen molar-refractivity contribution in [3.63, 3.8) is 0 Å². The summed E-state index contributed by atoms with van der Waals surface area (Å²) in [7, 11) is 1.58. The summed E-state index contributed by atoms with van der Waals surface area (Å²) < 4.78 is 6.92. The number of carbonyl (C=O) groups is 1. The van der Waals surface area contributed by atoms with Crippen LogP contribution >= 0.6 is 11.8 Å². The van der Waals surface area contributed by atoms with Crippen LogP contribution in [0.25, 0.3) is 5.69 Å². The van der Waals surface area contributed by atoms with E-state index in [0.717, 1.165) is 11.3 Å². The lowest BCUT2D eigenvalue weighted by Crippen LogP contribution is -2.23. The van der Waals surface area contributed by atoms with Gasteiger partial charge >= 0.3 is 0 Å². The number of hydrogen-bond donors (Lipinski definition) is 1. The van der Waals surface area contributed by atoms with Crippen LogP contribution in [-0.4, -0.2) is 38.5 Å². The average Bonchev–Trinajstić information content (AvgIpc) is 3.10. The molecule has 0 aliphatic heterocycles. The molecule has 0 bridgehead atoms. The summed E-state index contributed by atoms with van der Waals surface area (Å²) in [6.07, 6.45) is 0. The Bertz CT molecular complexity index is 898. The minimum absolute atomic E-state index is 0.151. The molecule has 0 aliphatic carbocycles. The van der Waals surface area contributed by atoms with Gasteiger partial charge in [-0.15, -0.1) is 5.10 Å². The third-order valence-corrected chi connectivity index (χ3v) is 4.74. The number of ether oxygens (including phenoxy) is 1. The number of aromatic nitrogens is 4. The van der Waals surface area contributed by atoms with Crippen molar-refractivity contribution in [2.45, 2.75) is 24.3 Å². The van der Waals surface area contributed by atoms with E-state index < -0.39 is 5.25 Å². The van der Waals surface area contributed by atoms with E-state index in [9.17, 15) is 4.79 Å². The Morgan fingerprint density at radius 3 is 2.73 bits per heavy atom. The fourth-order valence-corrected chi connectivity index (χ4v) is 3.16. The molecule has 1 N–H and O–H groups in total. The number of carbonyl (C=O) groups excluding carboxylic acids is 1. The van der Waals surface area contributed by atoms with E-state index in [0.29, 0.717) is 16.6 Å². The molecule has 1 heterocycles. The molecule has 0 radical (unpaired) electrons. The Balaban J connectivity index is 1.73. The van der Waals surface area contributed by atoms with E-state index in [2.05, 4.69) is 20.8 Å². The lowest BCUT2D eigenvalue weighted by Gasteiger charge is -2.14. The Morgan fingerprint density at radius 1 is 1.23 bits per heavy atom. The number of hydrogen-bond acceptors (Lipinski definition) is 6. The molecule has 3 aromatic rings. The third-order valence-electron chi connectivity index (χ3n) is 3.71. The van der Waals surface area contributed by atoms with Gasteiger partial charge in [0.1, 0.15) is 5.75 Å². The highest BCUT2D eigenvalue weighted by Gasteiger charge is 2.20. The number of amides is 1. The third kappa shape index (κ3) is 4.02. The van der Waals surface area contributed by atoms with Crippen LogP contribution in [0, 0.1) is 6.92 Å². The first-order valence-electron chi connectivity index (χ1n) is 8.04. The maximum Gasteiger partial charge on any atom is 0.237 e. The predicted molar refractivity (Wildman–Crippen MR) is 101 cm³/mol. The Labute approximate surface area is 155 Å². The van der Waals surface area contributed by atoms with Crippen LogP contribution in [0.1, 0.15) is 12.5 Å². The number of methoxy groups -OCH3 is 1. The number of nitrogens with one attached hydrogen (secondary N) is 1. The minimum Gasteiger partial charge on any atom is -0.495 e. The highest BCUT2D eigenvalue weighted by Crippen LogP contribution is 2.28. The number of benzene rings is 2. The molecule has 0 unspecified atom stereocenters. The van der Waals surface area contributed by atoms with Crippen molar-refractivity contribution in [2.24, 2.45) is 0 Å². The number of aryl methyl sites for hydroxylation is 1. The lowest BCUT2D eigenvalue weighted by atomic mass is 10.2. The number of nitrogens with zero attached hydrogens (tertiary/aromatic N) is 4. The van der Waals surface area contributed by atoms with Crippen LogP contribution in [0.3, 0.4) is 0 Å². The SMILES string of the molecule is COc1ccc(C)cc1NC(=O)[C@H](C)Sc1nnnn1-c1ccccc1. The van der Waals surface area contributed by atoms with Crippen molar-refractivity contribution in [3.8, 4) is 11.4 Å². The second kappa shape index (κ2) is 8.01. The predicted octanol–water partition coefficient (Wildman–Crippen LogP) is 3.10.